The molecule has 0 saturated carbocycles. The van der Waals surface area contributed by atoms with Gasteiger partial charge in [-0.3, -0.25) is 0 Å². The van der Waals surface area contributed by atoms with E-state index in [4.69, 9.17) is 4.42 Å². The van der Waals surface area contributed by atoms with Crippen LogP contribution in [0.1, 0.15) is 24.8 Å². The number of nitrogens with one attached hydrogen (secondary N) is 1. The van der Waals surface area contributed by atoms with Crippen molar-refractivity contribution in [2.24, 2.45) is 0 Å². The Morgan fingerprint density at radius 3 is 2.75 bits per heavy atom. The van der Waals surface area contributed by atoms with Gasteiger partial charge in [0.15, 0.2) is 0 Å². The number of rotatable bonds is 6. The molecular formula is C14H17F2N3O. The molecule has 6 heteroatoms. The zero-order valence-corrected chi connectivity index (χ0v) is 11.5. The third-order valence-electron chi connectivity index (χ3n) is 2.94. The van der Waals surface area contributed by atoms with Gasteiger partial charge in [0.25, 0.3) is 5.89 Å². The van der Waals surface area contributed by atoms with E-state index in [1.807, 2.05) is 6.92 Å². The Bertz CT molecular complexity index is 584. The first kappa shape index (κ1) is 14.6. The van der Waals surface area contributed by atoms with Gasteiger partial charge in [0.2, 0.25) is 5.89 Å². The maximum Gasteiger partial charge on any atom is 0.250 e. The fourth-order valence-electron chi connectivity index (χ4n) is 1.83. The van der Waals surface area contributed by atoms with Gasteiger partial charge in [-0.1, -0.05) is 6.92 Å². The maximum absolute atomic E-state index is 13.7. The minimum atomic E-state index is -0.698. The minimum absolute atomic E-state index is 0.0871. The summed E-state index contributed by atoms with van der Waals surface area (Å²) in [5.41, 5.74) is 0.475. The monoisotopic (exact) mass is 281 g/mol. The third kappa shape index (κ3) is 3.39. The second-order valence-electron chi connectivity index (χ2n) is 4.54. The van der Waals surface area contributed by atoms with Crippen molar-refractivity contribution >= 4 is 0 Å². The van der Waals surface area contributed by atoms with Crippen LogP contribution in [0, 0.1) is 18.6 Å². The Balaban J connectivity index is 2.10. The van der Waals surface area contributed by atoms with Crippen LogP contribution in [-0.4, -0.2) is 23.3 Å². The summed E-state index contributed by atoms with van der Waals surface area (Å²) in [6.07, 6.45) is 1.49. The first-order chi connectivity index (χ1) is 9.61. The highest BCUT2D eigenvalue weighted by molar-refractivity contribution is 5.55. The Labute approximate surface area is 116 Å². The highest BCUT2D eigenvalue weighted by Gasteiger charge is 2.15. The molecule has 0 spiro atoms. The molecule has 2 rings (SSSR count). The highest BCUT2D eigenvalue weighted by atomic mass is 19.1. The fraction of sp³-hybridized carbons (Fsp3) is 0.429. The van der Waals surface area contributed by atoms with E-state index in [2.05, 4.69) is 15.5 Å². The molecule has 1 aromatic heterocycles. The van der Waals surface area contributed by atoms with Crippen LogP contribution in [0.3, 0.4) is 0 Å². The quantitative estimate of drug-likeness (QED) is 0.827. The fourth-order valence-corrected chi connectivity index (χ4v) is 1.83. The zero-order chi connectivity index (χ0) is 14.5. The third-order valence-corrected chi connectivity index (χ3v) is 2.94. The SMILES string of the molecule is CCNCCCc1nnc(-c2cc(C)c(F)cc2F)o1. The molecule has 0 aliphatic rings. The number of benzene rings is 1. The van der Waals surface area contributed by atoms with Crippen LogP contribution in [0.15, 0.2) is 16.5 Å². The molecule has 20 heavy (non-hydrogen) atoms. The van der Waals surface area contributed by atoms with Gasteiger partial charge >= 0.3 is 0 Å². The Kier molecular flexibility index (Phi) is 4.79. The normalized spacial score (nSPS) is 11.0. The van der Waals surface area contributed by atoms with E-state index in [9.17, 15) is 8.78 Å². The van der Waals surface area contributed by atoms with E-state index in [0.29, 0.717) is 17.9 Å². The van der Waals surface area contributed by atoms with Crippen LogP contribution < -0.4 is 5.32 Å². The van der Waals surface area contributed by atoms with E-state index in [-0.39, 0.29) is 11.5 Å². The zero-order valence-electron chi connectivity index (χ0n) is 11.5. The summed E-state index contributed by atoms with van der Waals surface area (Å²) in [5.74, 6) is -0.740. The molecule has 1 aromatic carbocycles. The first-order valence-electron chi connectivity index (χ1n) is 6.61. The standard InChI is InChI=1S/C14H17F2N3O/c1-3-17-6-4-5-13-18-19-14(20-13)10-7-9(2)11(15)8-12(10)16/h7-8,17H,3-6H2,1-2H3. The smallest absolute Gasteiger partial charge is 0.250 e. The number of hydrogen-bond donors (Lipinski definition) is 1. The van der Waals surface area contributed by atoms with Crippen molar-refractivity contribution < 1.29 is 13.2 Å². The van der Waals surface area contributed by atoms with Crippen LogP contribution >= 0.6 is 0 Å². The van der Waals surface area contributed by atoms with Gasteiger partial charge in [-0.15, -0.1) is 10.2 Å². The van der Waals surface area contributed by atoms with Crippen molar-refractivity contribution in [3.05, 3.63) is 35.2 Å². The second kappa shape index (κ2) is 6.56. The van der Waals surface area contributed by atoms with E-state index < -0.39 is 11.6 Å². The van der Waals surface area contributed by atoms with Gasteiger partial charge in [-0.05, 0) is 38.1 Å². The molecule has 0 aliphatic carbocycles. The molecule has 0 atom stereocenters. The molecule has 1 N–H and O–H groups in total. The summed E-state index contributed by atoms with van der Waals surface area (Å²) >= 11 is 0. The number of nitrogens with zero attached hydrogens (tertiary/aromatic N) is 2. The molecule has 0 radical (unpaired) electrons. The number of halogens is 2. The maximum atomic E-state index is 13.7. The molecule has 0 unspecified atom stereocenters. The molecule has 0 bridgehead atoms. The number of aryl methyl sites for hydroxylation is 2. The number of aromatic nitrogens is 2. The van der Waals surface area contributed by atoms with Crippen LogP contribution in [0.5, 0.6) is 0 Å². The van der Waals surface area contributed by atoms with Crippen molar-refractivity contribution in [3.8, 4) is 11.5 Å². The molecule has 0 fully saturated rings. The van der Waals surface area contributed by atoms with Crippen molar-refractivity contribution in [2.45, 2.75) is 26.7 Å². The Morgan fingerprint density at radius 2 is 2.00 bits per heavy atom. The lowest BCUT2D eigenvalue weighted by molar-refractivity contribution is 0.488. The molecule has 0 amide bonds. The van der Waals surface area contributed by atoms with Gasteiger partial charge in [-0.2, -0.15) is 0 Å². The second-order valence-corrected chi connectivity index (χ2v) is 4.54. The predicted molar refractivity (Wildman–Crippen MR) is 71.3 cm³/mol. The molecule has 0 saturated heterocycles. The summed E-state index contributed by atoms with van der Waals surface area (Å²) in [5, 5.41) is 10.9. The summed E-state index contributed by atoms with van der Waals surface area (Å²) in [4.78, 5) is 0. The van der Waals surface area contributed by atoms with E-state index in [0.717, 1.165) is 25.6 Å². The number of hydrogen-bond acceptors (Lipinski definition) is 4. The first-order valence-corrected chi connectivity index (χ1v) is 6.61. The summed E-state index contributed by atoms with van der Waals surface area (Å²) in [6, 6.07) is 2.21. The summed E-state index contributed by atoms with van der Waals surface area (Å²) in [6.45, 7) is 5.36. The largest absolute Gasteiger partial charge is 0.421 e. The average Bonchev–Trinajstić information content (AvgIpc) is 2.87. The van der Waals surface area contributed by atoms with Gasteiger partial charge in [0, 0.05) is 12.5 Å². The molecule has 2 aromatic rings. The van der Waals surface area contributed by atoms with Crippen LogP contribution in [0.4, 0.5) is 8.78 Å². The topological polar surface area (TPSA) is 51.0 Å². The summed E-state index contributed by atoms with van der Waals surface area (Å²) in [7, 11) is 0. The molecule has 0 aliphatic heterocycles. The van der Waals surface area contributed by atoms with E-state index >= 15 is 0 Å². The van der Waals surface area contributed by atoms with Crippen molar-refractivity contribution in [1.82, 2.24) is 15.5 Å². The van der Waals surface area contributed by atoms with Crippen LogP contribution in [-0.2, 0) is 6.42 Å². The van der Waals surface area contributed by atoms with Gasteiger partial charge < -0.3 is 9.73 Å². The highest BCUT2D eigenvalue weighted by Crippen LogP contribution is 2.24. The van der Waals surface area contributed by atoms with Gasteiger partial charge in [0.1, 0.15) is 11.6 Å². The average molecular weight is 281 g/mol. The summed E-state index contributed by atoms with van der Waals surface area (Å²) < 4.78 is 32.3. The predicted octanol–water partition coefficient (Wildman–Crippen LogP) is 2.87. The Hall–Kier alpha value is -1.82. The van der Waals surface area contributed by atoms with Crippen LogP contribution in [0.25, 0.3) is 11.5 Å². The van der Waals surface area contributed by atoms with Crippen LogP contribution in [0.2, 0.25) is 0 Å². The molecular weight excluding hydrogens is 264 g/mol. The van der Waals surface area contributed by atoms with E-state index in [1.54, 1.807) is 6.92 Å². The lowest BCUT2D eigenvalue weighted by Crippen LogP contribution is -2.14. The van der Waals surface area contributed by atoms with Gasteiger partial charge in [-0.25, -0.2) is 8.78 Å². The lowest BCUT2D eigenvalue weighted by atomic mass is 10.1. The minimum Gasteiger partial charge on any atom is -0.421 e. The Morgan fingerprint density at radius 1 is 1.20 bits per heavy atom. The molecule has 108 valence electrons. The van der Waals surface area contributed by atoms with E-state index in [1.165, 1.54) is 6.07 Å². The molecule has 4 nitrogen and oxygen atoms in total. The van der Waals surface area contributed by atoms with Crippen molar-refractivity contribution in [1.29, 1.82) is 0 Å². The van der Waals surface area contributed by atoms with Gasteiger partial charge in [0.05, 0.1) is 5.56 Å². The molecule has 1 heterocycles. The lowest BCUT2D eigenvalue weighted by Gasteiger charge is -2.01. The van der Waals surface area contributed by atoms with Crippen molar-refractivity contribution in [3.63, 3.8) is 0 Å². The van der Waals surface area contributed by atoms with Crippen molar-refractivity contribution in [2.75, 3.05) is 13.1 Å².